The van der Waals surface area contributed by atoms with Gasteiger partial charge in [0.05, 0.1) is 23.3 Å². The Hall–Kier alpha value is -0.520. The van der Waals surface area contributed by atoms with E-state index in [1.54, 1.807) is 17.0 Å². The second-order valence-corrected chi connectivity index (χ2v) is 6.68. The number of carbonyl (C=O) groups excluding carboxylic acids is 1. The van der Waals surface area contributed by atoms with Crippen molar-refractivity contribution in [2.75, 3.05) is 26.3 Å². The lowest BCUT2D eigenvalue weighted by Crippen LogP contribution is -2.40. The number of benzene rings is 1. The average molecular weight is 351 g/mol. The fourth-order valence-electron chi connectivity index (χ4n) is 2.16. The summed E-state index contributed by atoms with van der Waals surface area (Å²) in [5.74, 6) is -0.0771. The highest BCUT2D eigenvalue weighted by Crippen LogP contribution is 2.41. The molecule has 2 heterocycles. The maximum Gasteiger partial charge on any atom is 0.265 e. The lowest BCUT2D eigenvalue weighted by atomic mass is 10.2. The highest BCUT2D eigenvalue weighted by Gasteiger charge is 2.25. The third kappa shape index (κ3) is 2.51. The Morgan fingerprint density at radius 1 is 1.20 bits per heavy atom. The largest absolute Gasteiger partial charge is 0.378 e. The van der Waals surface area contributed by atoms with E-state index >= 15 is 0 Å². The van der Waals surface area contributed by atoms with Crippen molar-refractivity contribution in [3.05, 3.63) is 32.1 Å². The van der Waals surface area contributed by atoms with Gasteiger partial charge in [-0.2, -0.15) is 0 Å². The van der Waals surface area contributed by atoms with E-state index in [0.717, 1.165) is 4.70 Å². The van der Waals surface area contributed by atoms with Crippen LogP contribution in [0.15, 0.2) is 12.1 Å². The van der Waals surface area contributed by atoms with Gasteiger partial charge in [0.15, 0.2) is 0 Å². The Morgan fingerprint density at radius 2 is 1.90 bits per heavy atom. The number of halogens is 3. The van der Waals surface area contributed by atoms with Gasteiger partial charge in [-0.25, -0.2) is 0 Å². The van der Waals surface area contributed by atoms with Crippen LogP contribution in [0.25, 0.3) is 10.1 Å². The van der Waals surface area contributed by atoms with Crippen LogP contribution in [0.1, 0.15) is 9.67 Å². The van der Waals surface area contributed by atoms with Gasteiger partial charge >= 0.3 is 0 Å². The molecule has 1 aromatic carbocycles. The van der Waals surface area contributed by atoms with Crippen LogP contribution in [0, 0.1) is 0 Å². The van der Waals surface area contributed by atoms with Crippen molar-refractivity contribution < 1.29 is 9.53 Å². The summed E-state index contributed by atoms with van der Waals surface area (Å²) >= 11 is 19.8. The van der Waals surface area contributed by atoms with Crippen LogP contribution in [-0.4, -0.2) is 37.1 Å². The van der Waals surface area contributed by atoms with Crippen molar-refractivity contribution >= 4 is 62.1 Å². The molecule has 1 saturated heterocycles. The van der Waals surface area contributed by atoms with Crippen LogP contribution >= 0.6 is 46.1 Å². The fourth-order valence-corrected chi connectivity index (χ4v) is 4.50. The van der Waals surface area contributed by atoms with Crippen LogP contribution in [0.2, 0.25) is 15.1 Å². The molecule has 2 aromatic rings. The number of rotatable bonds is 1. The Balaban J connectivity index is 2.05. The predicted octanol–water partition coefficient (Wildman–Crippen LogP) is 4.33. The molecule has 0 unspecified atom stereocenters. The highest BCUT2D eigenvalue weighted by molar-refractivity contribution is 7.21. The fraction of sp³-hybridized carbons (Fsp3) is 0.308. The van der Waals surface area contributed by atoms with E-state index in [9.17, 15) is 4.79 Å². The van der Waals surface area contributed by atoms with Crippen LogP contribution in [-0.2, 0) is 4.74 Å². The zero-order chi connectivity index (χ0) is 14.3. The summed E-state index contributed by atoms with van der Waals surface area (Å²) in [6.45, 7) is 2.28. The minimum Gasteiger partial charge on any atom is -0.378 e. The molecule has 0 radical (unpaired) electrons. The lowest BCUT2D eigenvalue weighted by molar-refractivity contribution is 0.0306. The molecule has 1 fully saturated rings. The van der Waals surface area contributed by atoms with Gasteiger partial charge in [0.25, 0.3) is 5.91 Å². The molecule has 0 atom stereocenters. The average Bonchev–Trinajstić information content (AvgIpc) is 2.76. The second kappa shape index (κ2) is 5.70. The van der Waals surface area contributed by atoms with Crippen LogP contribution < -0.4 is 0 Å². The summed E-state index contributed by atoms with van der Waals surface area (Å²) in [4.78, 5) is 14.8. The van der Waals surface area contributed by atoms with Crippen LogP contribution in [0.3, 0.4) is 0 Å². The highest BCUT2D eigenvalue weighted by atomic mass is 35.5. The molecule has 1 amide bonds. The smallest absolute Gasteiger partial charge is 0.265 e. The van der Waals surface area contributed by atoms with Crippen LogP contribution in [0.4, 0.5) is 0 Å². The first-order valence-electron chi connectivity index (χ1n) is 6.02. The van der Waals surface area contributed by atoms with Gasteiger partial charge in [-0.1, -0.05) is 34.8 Å². The monoisotopic (exact) mass is 349 g/mol. The number of ether oxygens (including phenoxy) is 1. The van der Waals surface area contributed by atoms with E-state index in [1.165, 1.54) is 11.3 Å². The number of nitrogens with zero attached hydrogens (tertiary/aromatic N) is 1. The lowest BCUT2D eigenvalue weighted by Gasteiger charge is -2.26. The number of hydrogen-bond donors (Lipinski definition) is 0. The van der Waals surface area contributed by atoms with Gasteiger partial charge < -0.3 is 9.64 Å². The van der Waals surface area contributed by atoms with E-state index in [2.05, 4.69) is 0 Å². The van der Waals surface area contributed by atoms with Crippen molar-refractivity contribution in [2.24, 2.45) is 0 Å². The minimum atomic E-state index is -0.0771. The van der Waals surface area contributed by atoms with E-state index in [-0.39, 0.29) is 5.91 Å². The summed E-state index contributed by atoms with van der Waals surface area (Å²) in [6.07, 6.45) is 0. The first kappa shape index (κ1) is 14.4. The zero-order valence-corrected chi connectivity index (χ0v) is 13.4. The van der Waals surface area contributed by atoms with Gasteiger partial charge in [0.2, 0.25) is 0 Å². The summed E-state index contributed by atoms with van der Waals surface area (Å²) in [5, 5.41) is 2.10. The van der Waals surface area contributed by atoms with Gasteiger partial charge in [-0.3, -0.25) is 4.79 Å². The van der Waals surface area contributed by atoms with E-state index in [4.69, 9.17) is 39.5 Å². The molecule has 1 aromatic heterocycles. The summed E-state index contributed by atoms with van der Waals surface area (Å²) in [7, 11) is 0. The van der Waals surface area contributed by atoms with E-state index in [1.807, 2.05) is 0 Å². The quantitative estimate of drug-likeness (QED) is 0.766. The second-order valence-electron chi connectivity index (χ2n) is 4.41. The summed E-state index contributed by atoms with van der Waals surface area (Å²) in [6, 6.07) is 3.41. The summed E-state index contributed by atoms with van der Waals surface area (Å²) in [5.41, 5.74) is 0. The van der Waals surface area contributed by atoms with Crippen molar-refractivity contribution in [1.29, 1.82) is 0 Å². The number of fused-ring (bicyclic) bond motifs is 1. The topological polar surface area (TPSA) is 29.5 Å². The third-order valence-electron chi connectivity index (χ3n) is 3.14. The standard InChI is InChI=1S/C13H10Cl3NO2S/c14-7-5-8(15)10-9(6-7)20-12(11(10)16)13(18)17-1-3-19-4-2-17/h5-6H,1-4H2. The molecule has 0 spiro atoms. The molecule has 1 aliphatic rings. The van der Waals surface area contributed by atoms with Crippen LogP contribution in [0.5, 0.6) is 0 Å². The molecular formula is C13H10Cl3NO2S. The van der Waals surface area contributed by atoms with Gasteiger partial charge in [0.1, 0.15) is 4.88 Å². The number of carbonyl (C=O) groups is 1. The first-order valence-corrected chi connectivity index (χ1v) is 7.97. The Labute approximate surface area is 135 Å². The molecule has 3 nitrogen and oxygen atoms in total. The van der Waals surface area contributed by atoms with Crippen molar-refractivity contribution in [2.45, 2.75) is 0 Å². The summed E-state index contributed by atoms with van der Waals surface area (Å²) < 4.78 is 6.07. The number of amides is 1. The number of hydrogen-bond acceptors (Lipinski definition) is 3. The van der Waals surface area contributed by atoms with E-state index < -0.39 is 0 Å². The predicted molar refractivity (Wildman–Crippen MR) is 83.6 cm³/mol. The Morgan fingerprint density at radius 3 is 2.60 bits per heavy atom. The van der Waals surface area contributed by atoms with E-state index in [0.29, 0.717) is 51.6 Å². The zero-order valence-electron chi connectivity index (χ0n) is 10.3. The molecule has 7 heteroatoms. The molecule has 0 aliphatic carbocycles. The van der Waals surface area contributed by atoms with Crippen molar-refractivity contribution in [3.63, 3.8) is 0 Å². The SMILES string of the molecule is O=C(c1sc2cc(Cl)cc(Cl)c2c1Cl)N1CCOCC1. The molecular weight excluding hydrogens is 341 g/mol. The maximum atomic E-state index is 12.5. The Bertz CT molecular complexity index is 680. The van der Waals surface area contributed by atoms with Gasteiger partial charge in [-0.05, 0) is 12.1 Å². The molecule has 3 rings (SSSR count). The molecule has 0 saturated carbocycles. The first-order chi connectivity index (χ1) is 9.58. The Kier molecular flexibility index (Phi) is 4.11. The number of morpholine rings is 1. The maximum absolute atomic E-state index is 12.5. The number of thiophene rings is 1. The third-order valence-corrected chi connectivity index (χ3v) is 5.27. The van der Waals surface area contributed by atoms with Crippen molar-refractivity contribution in [3.8, 4) is 0 Å². The molecule has 1 aliphatic heterocycles. The minimum absolute atomic E-state index is 0.0771. The molecule has 106 valence electrons. The molecule has 0 N–H and O–H groups in total. The van der Waals surface area contributed by atoms with Gasteiger partial charge in [-0.15, -0.1) is 11.3 Å². The van der Waals surface area contributed by atoms with Crippen molar-refractivity contribution in [1.82, 2.24) is 4.90 Å². The van der Waals surface area contributed by atoms with Gasteiger partial charge in [0, 0.05) is 28.2 Å². The normalized spacial score (nSPS) is 15.8. The molecule has 20 heavy (non-hydrogen) atoms. The molecule has 0 bridgehead atoms.